The molecule has 3 aromatic rings. The van der Waals surface area contributed by atoms with Gasteiger partial charge in [-0.1, -0.05) is 54.1 Å². The minimum atomic E-state index is -0.517. The predicted molar refractivity (Wildman–Crippen MR) is 123 cm³/mol. The van der Waals surface area contributed by atoms with Crippen LogP contribution < -0.4 is 0 Å². The Morgan fingerprint density at radius 2 is 1.72 bits per heavy atom. The number of likely N-dealkylation sites (tertiary alicyclic amines) is 1. The molecule has 0 N–H and O–H groups in total. The number of amides is 1. The number of hydrogen-bond donors (Lipinski definition) is 0. The molecule has 0 saturated carbocycles. The molecule has 0 radical (unpaired) electrons. The first-order chi connectivity index (χ1) is 15.2. The van der Waals surface area contributed by atoms with Crippen molar-refractivity contribution in [2.45, 2.75) is 51.2 Å². The molecular weight excluding hydrogens is 426 g/mol. The van der Waals surface area contributed by atoms with Crippen molar-refractivity contribution < 1.29 is 9.53 Å². The number of benzene rings is 2. The number of rotatable bonds is 4. The van der Waals surface area contributed by atoms with Crippen LogP contribution in [0.2, 0.25) is 5.02 Å². The van der Waals surface area contributed by atoms with E-state index in [-0.39, 0.29) is 6.09 Å². The summed E-state index contributed by atoms with van der Waals surface area (Å²) >= 11 is 5.99. The van der Waals surface area contributed by atoms with Crippen molar-refractivity contribution >= 4 is 17.7 Å². The number of nitrogens with zero attached hydrogens (tertiary/aromatic N) is 5. The van der Waals surface area contributed by atoms with Crippen molar-refractivity contribution in [1.82, 2.24) is 25.1 Å². The lowest BCUT2D eigenvalue weighted by atomic mass is 9.72. The zero-order chi connectivity index (χ0) is 22.8. The Morgan fingerprint density at radius 1 is 1.06 bits per heavy atom. The highest BCUT2D eigenvalue weighted by atomic mass is 35.5. The number of carbonyl (C=O) groups is 1. The van der Waals surface area contributed by atoms with E-state index in [0.29, 0.717) is 43.3 Å². The van der Waals surface area contributed by atoms with Crippen molar-refractivity contribution in [1.29, 1.82) is 0 Å². The van der Waals surface area contributed by atoms with E-state index in [1.807, 2.05) is 63.2 Å². The normalized spacial score (nSPS) is 16.1. The van der Waals surface area contributed by atoms with Gasteiger partial charge >= 0.3 is 6.09 Å². The Hall–Kier alpha value is -2.93. The molecule has 1 aliphatic heterocycles. The van der Waals surface area contributed by atoms with Crippen LogP contribution in [0.3, 0.4) is 0 Å². The molecule has 1 fully saturated rings. The molecule has 1 amide bonds. The van der Waals surface area contributed by atoms with Crippen LogP contribution in [-0.2, 0) is 16.7 Å². The molecule has 0 spiro atoms. The van der Waals surface area contributed by atoms with E-state index in [4.69, 9.17) is 21.4 Å². The van der Waals surface area contributed by atoms with Gasteiger partial charge < -0.3 is 9.64 Å². The van der Waals surface area contributed by atoms with Crippen LogP contribution >= 0.6 is 11.6 Å². The maximum atomic E-state index is 12.6. The SMILES string of the molecule is CC(C)(C)OC(=O)N1CCC(c2ccccc2)(c2nnn(Cc3ccc(Cl)cc3)n2)CC1. The molecule has 7 nitrogen and oxygen atoms in total. The molecule has 2 aromatic carbocycles. The molecule has 0 bridgehead atoms. The van der Waals surface area contributed by atoms with Crippen LogP contribution in [0.1, 0.15) is 50.6 Å². The largest absolute Gasteiger partial charge is 0.444 e. The van der Waals surface area contributed by atoms with E-state index in [1.54, 1.807) is 9.70 Å². The number of tetrazole rings is 1. The molecule has 0 atom stereocenters. The van der Waals surface area contributed by atoms with Gasteiger partial charge in [0.15, 0.2) is 5.82 Å². The minimum Gasteiger partial charge on any atom is -0.444 e. The minimum absolute atomic E-state index is 0.279. The van der Waals surface area contributed by atoms with Crippen LogP contribution in [0.15, 0.2) is 54.6 Å². The molecule has 4 rings (SSSR count). The van der Waals surface area contributed by atoms with Gasteiger partial charge in [-0.3, -0.25) is 0 Å². The lowest BCUT2D eigenvalue weighted by Gasteiger charge is -2.40. The smallest absolute Gasteiger partial charge is 0.410 e. The van der Waals surface area contributed by atoms with Crippen LogP contribution in [0.25, 0.3) is 0 Å². The zero-order valence-electron chi connectivity index (χ0n) is 18.7. The zero-order valence-corrected chi connectivity index (χ0v) is 19.4. The highest BCUT2D eigenvalue weighted by Gasteiger charge is 2.43. The van der Waals surface area contributed by atoms with E-state index in [9.17, 15) is 4.79 Å². The van der Waals surface area contributed by atoms with E-state index in [0.717, 1.165) is 11.1 Å². The summed E-state index contributed by atoms with van der Waals surface area (Å²) < 4.78 is 5.57. The maximum Gasteiger partial charge on any atom is 0.410 e. The molecule has 168 valence electrons. The second-order valence-electron chi connectivity index (χ2n) is 9.19. The summed E-state index contributed by atoms with van der Waals surface area (Å²) in [6.07, 6.45) is 1.12. The number of carbonyl (C=O) groups excluding carboxylic acids is 1. The quantitative estimate of drug-likeness (QED) is 0.572. The Bertz CT molecular complexity index is 1050. The lowest BCUT2D eigenvalue weighted by molar-refractivity contribution is 0.0176. The van der Waals surface area contributed by atoms with Crippen molar-refractivity contribution in [3.8, 4) is 0 Å². The average molecular weight is 454 g/mol. The average Bonchev–Trinajstić information content (AvgIpc) is 3.24. The highest BCUT2D eigenvalue weighted by molar-refractivity contribution is 6.30. The lowest BCUT2D eigenvalue weighted by Crippen LogP contribution is -2.47. The molecule has 0 aliphatic carbocycles. The maximum absolute atomic E-state index is 12.6. The number of hydrogen-bond acceptors (Lipinski definition) is 5. The van der Waals surface area contributed by atoms with E-state index < -0.39 is 11.0 Å². The third-order valence-corrected chi connectivity index (χ3v) is 5.97. The molecule has 1 aromatic heterocycles. The number of aromatic nitrogens is 4. The van der Waals surface area contributed by atoms with Crippen LogP contribution in [0.4, 0.5) is 4.79 Å². The van der Waals surface area contributed by atoms with Gasteiger partial charge in [0.05, 0.1) is 12.0 Å². The molecule has 1 aliphatic rings. The standard InChI is InChI=1S/C24H28ClN5O2/c1-23(2,3)32-22(31)29-15-13-24(14-16-29,19-7-5-4-6-8-19)21-26-28-30(27-21)17-18-9-11-20(25)12-10-18/h4-12H,13-17H2,1-3H3. The van der Waals surface area contributed by atoms with Crippen molar-refractivity contribution in [2.24, 2.45) is 0 Å². The summed E-state index contributed by atoms with van der Waals surface area (Å²) in [5.41, 5.74) is 1.26. The van der Waals surface area contributed by atoms with E-state index >= 15 is 0 Å². The fourth-order valence-corrected chi connectivity index (χ4v) is 4.18. The number of piperidine rings is 1. The summed E-state index contributed by atoms with van der Waals surface area (Å²) in [5.74, 6) is 0.682. The molecule has 8 heteroatoms. The van der Waals surface area contributed by atoms with Gasteiger partial charge in [-0.05, 0) is 62.1 Å². The van der Waals surface area contributed by atoms with Gasteiger partial charge in [-0.2, -0.15) is 4.80 Å². The van der Waals surface area contributed by atoms with Gasteiger partial charge in [0.1, 0.15) is 5.60 Å². The second kappa shape index (κ2) is 8.90. The van der Waals surface area contributed by atoms with Gasteiger partial charge in [-0.25, -0.2) is 4.79 Å². The third-order valence-electron chi connectivity index (χ3n) is 5.71. The first-order valence-corrected chi connectivity index (χ1v) is 11.2. The Labute approximate surface area is 193 Å². The first kappa shape index (κ1) is 22.3. The van der Waals surface area contributed by atoms with Crippen LogP contribution in [-0.4, -0.2) is 49.9 Å². The van der Waals surface area contributed by atoms with Crippen LogP contribution in [0.5, 0.6) is 0 Å². The van der Waals surface area contributed by atoms with Crippen molar-refractivity contribution in [3.05, 3.63) is 76.6 Å². The molecule has 2 heterocycles. The topological polar surface area (TPSA) is 73.1 Å². The van der Waals surface area contributed by atoms with Gasteiger partial charge in [0, 0.05) is 18.1 Å². The Balaban J connectivity index is 1.57. The summed E-state index contributed by atoms with van der Waals surface area (Å²) in [6, 6.07) is 17.9. The Kier molecular flexibility index (Phi) is 6.20. The fourth-order valence-electron chi connectivity index (χ4n) is 4.05. The van der Waals surface area contributed by atoms with Crippen LogP contribution in [0, 0.1) is 0 Å². The fraction of sp³-hybridized carbons (Fsp3) is 0.417. The number of halogens is 1. The predicted octanol–water partition coefficient (Wildman–Crippen LogP) is 4.69. The molecule has 32 heavy (non-hydrogen) atoms. The second-order valence-corrected chi connectivity index (χ2v) is 9.62. The molecule has 0 unspecified atom stereocenters. The molecular formula is C24H28ClN5O2. The van der Waals surface area contributed by atoms with Gasteiger partial charge in [-0.15, -0.1) is 10.2 Å². The highest BCUT2D eigenvalue weighted by Crippen LogP contribution is 2.40. The summed E-state index contributed by atoms with van der Waals surface area (Å²) in [4.78, 5) is 16.0. The summed E-state index contributed by atoms with van der Waals surface area (Å²) in [6.45, 7) is 7.29. The third kappa shape index (κ3) is 4.93. The molecule has 1 saturated heterocycles. The van der Waals surface area contributed by atoms with Crippen molar-refractivity contribution in [2.75, 3.05) is 13.1 Å². The number of ether oxygens (including phenoxy) is 1. The van der Waals surface area contributed by atoms with Gasteiger partial charge in [0.25, 0.3) is 0 Å². The van der Waals surface area contributed by atoms with E-state index in [2.05, 4.69) is 22.4 Å². The summed E-state index contributed by atoms with van der Waals surface area (Å²) in [5, 5.41) is 14.2. The monoisotopic (exact) mass is 453 g/mol. The Morgan fingerprint density at radius 3 is 2.34 bits per heavy atom. The summed E-state index contributed by atoms with van der Waals surface area (Å²) in [7, 11) is 0. The van der Waals surface area contributed by atoms with E-state index in [1.165, 1.54) is 0 Å². The first-order valence-electron chi connectivity index (χ1n) is 10.8. The van der Waals surface area contributed by atoms with Gasteiger partial charge in [0.2, 0.25) is 0 Å². The van der Waals surface area contributed by atoms with Crippen molar-refractivity contribution in [3.63, 3.8) is 0 Å².